The summed E-state index contributed by atoms with van der Waals surface area (Å²) in [6.45, 7) is 2.56. The van der Waals surface area contributed by atoms with Gasteiger partial charge in [-0.2, -0.15) is 13.2 Å². The van der Waals surface area contributed by atoms with Crippen LogP contribution < -0.4 is 10.6 Å². The first-order valence-electron chi connectivity index (χ1n) is 8.57. The first kappa shape index (κ1) is 18.4. The summed E-state index contributed by atoms with van der Waals surface area (Å²) in [5, 5.41) is 6.10. The fraction of sp³-hybridized carbons (Fsp3) is 0.938. The van der Waals surface area contributed by atoms with Crippen molar-refractivity contribution in [3.05, 3.63) is 0 Å². The Balaban J connectivity index is 1.89. The van der Waals surface area contributed by atoms with Crippen LogP contribution in [0, 0.1) is 5.41 Å². The summed E-state index contributed by atoms with van der Waals surface area (Å²) in [6, 6.07) is 0.233. The van der Waals surface area contributed by atoms with E-state index in [0.717, 1.165) is 19.3 Å². The Kier molecular flexibility index (Phi) is 6.17. The van der Waals surface area contributed by atoms with Crippen molar-refractivity contribution >= 4 is 5.96 Å². The molecule has 0 amide bonds. The number of ether oxygens (including phenoxy) is 1. The minimum Gasteiger partial charge on any atom is -0.378 e. The van der Waals surface area contributed by atoms with Gasteiger partial charge in [-0.3, -0.25) is 4.99 Å². The third-order valence-electron chi connectivity index (χ3n) is 5.17. The number of nitrogens with one attached hydrogen (secondary N) is 2. The van der Waals surface area contributed by atoms with Crippen molar-refractivity contribution in [1.82, 2.24) is 10.6 Å². The van der Waals surface area contributed by atoms with Gasteiger partial charge < -0.3 is 15.4 Å². The van der Waals surface area contributed by atoms with Gasteiger partial charge in [0.1, 0.15) is 0 Å². The van der Waals surface area contributed by atoms with Crippen molar-refractivity contribution in [2.24, 2.45) is 10.4 Å². The van der Waals surface area contributed by atoms with Crippen molar-refractivity contribution in [1.29, 1.82) is 0 Å². The maximum Gasteiger partial charge on any atom is 0.390 e. The van der Waals surface area contributed by atoms with E-state index < -0.39 is 12.6 Å². The molecule has 0 radical (unpaired) electrons. The Morgan fingerprint density at radius 1 is 1.26 bits per heavy atom. The lowest BCUT2D eigenvalue weighted by Crippen LogP contribution is -2.66. The van der Waals surface area contributed by atoms with Gasteiger partial charge in [0.15, 0.2) is 5.96 Å². The number of hydrogen-bond acceptors (Lipinski definition) is 2. The largest absolute Gasteiger partial charge is 0.390 e. The number of hydrogen-bond donors (Lipinski definition) is 2. The fourth-order valence-corrected chi connectivity index (χ4v) is 3.95. The fourth-order valence-electron chi connectivity index (χ4n) is 3.95. The number of aliphatic imine (C=N–C) groups is 1. The zero-order valence-corrected chi connectivity index (χ0v) is 14.0. The first-order chi connectivity index (χ1) is 10.9. The molecule has 2 N–H and O–H groups in total. The standard InChI is InChI=1S/C16H28F3N3O/c1-3-23-13-11-12(15(13)7-5-4-6-8-15)22-14(20-2)21-10-9-16(17,18)19/h12-13H,3-11H2,1-2H3,(H2,20,21,22). The van der Waals surface area contributed by atoms with Gasteiger partial charge in [0, 0.05) is 31.7 Å². The summed E-state index contributed by atoms with van der Waals surface area (Å²) in [5.41, 5.74) is 0.121. The lowest BCUT2D eigenvalue weighted by Gasteiger charge is -2.57. The molecular formula is C16H28F3N3O. The van der Waals surface area contributed by atoms with Crippen LogP contribution in [-0.2, 0) is 4.74 Å². The molecule has 2 fully saturated rings. The van der Waals surface area contributed by atoms with E-state index >= 15 is 0 Å². The Morgan fingerprint density at radius 3 is 2.52 bits per heavy atom. The summed E-state index contributed by atoms with van der Waals surface area (Å²) in [4.78, 5) is 4.06. The molecule has 2 unspecified atom stereocenters. The van der Waals surface area contributed by atoms with Crippen LogP contribution in [-0.4, -0.2) is 44.5 Å². The molecule has 7 heteroatoms. The van der Waals surface area contributed by atoms with Crippen LogP contribution in [0.2, 0.25) is 0 Å². The van der Waals surface area contributed by atoms with Gasteiger partial charge in [0.05, 0.1) is 12.5 Å². The molecule has 0 aromatic rings. The molecule has 0 aromatic heterocycles. The lowest BCUT2D eigenvalue weighted by atomic mass is 9.55. The van der Waals surface area contributed by atoms with Crippen LogP contribution in [0.5, 0.6) is 0 Å². The van der Waals surface area contributed by atoms with Crippen molar-refractivity contribution in [2.45, 2.75) is 70.2 Å². The third kappa shape index (κ3) is 4.52. The second kappa shape index (κ2) is 7.73. The topological polar surface area (TPSA) is 45.6 Å². The molecule has 1 spiro atoms. The minimum atomic E-state index is -4.15. The molecule has 0 aromatic carbocycles. The molecule has 23 heavy (non-hydrogen) atoms. The van der Waals surface area contributed by atoms with Gasteiger partial charge in [-0.15, -0.1) is 0 Å². The van der Waals surface area contributed by atoms with Crippen LogP contribution >= 0.6 is 0 Å². The number of rotatable bonds is 5. The van der Waals surface area contributed by atoms with Gasteiger partial charge in [-0.25, -0.2) is 0 Å². The predicted molar refractivity (Wildman–Crippen MR) is 84.5 cm³/mol. The van der Waals surface area contributed by atoms with E-state index in [1.807, 2.05) is 6.92 Å². The monoisotopic (exact) mass is 335 g/mol. The predicted octanol–water partition coefficient (Wildman–Crippen LogP) is 3.23. The molecular weight excluding hydrogens is 307 g/mol. The summed E-state index contributed by atoms with van der Waals surface area (Å²) >= 11 is 0. The maximum absolute atomic E-state index is 12.3. The minimum absolute atomic E-state index is 0.121. The van der Waals surface area contributed by atoms with Crippen LogP contribution in [0.1, 0.15) is 51.9 Å². The molecule has 2 saturated carbocycles. The van der Waals surface area contributed by atoms with Gasteiger partial charge in [0.2, 0.25) is 0 Å². The summed E-state index contributed by atoms with van der Waals surface area (Å²) in [7, 11) is 1.59. The Bertz CT molecular complexity index is 406. The Morgan fingerprint density at radius 2 is 1.96 bits per heavy atom. The highest BCUT2D eigenvalue weighted by atomic mass is 19.4. The number of guanidine groups is 1. The van der Waals surface area contributed by atoms with E-state index in [9.17, 15) is 13.2 Å². The highest BCUT2D eigenvalue weighted by Gasteiger charge is 2.55. The molecule has 2 atom stereocenters. The molecule has 0 bridgehead atoms. The van der Waals surface area contributed by atoms with Crippen molar-refractivity contribution in [2.75, 3.05) is 20.2 Å². The molecule has 2 aliphatic rings. The van der Waals surface area contributed by atoms with Crippen molar-refractivity contribution in [3.63, 3.8) is 0 Å². The molecule has 0 saturated heterocycles. The van der Waals surface area contributed by atoms with Gasteiger partial charge in [-0.1, -0.05) is 19.3 Å². The van der Waals surface area contributed by atoms with E-state index in [2.05, 4.69) is 15.6 Å². The van der Waals surface area contributed by atoms with E-state index in [-0.39, 0.29) is 24.1 Å². The van der Waals surface area contributed by atoms with Crippen LogP contribution in [0.15, 0.2) is 4.99 Å². The maximum atomic E-state index is 12.3. The molecule has 2 rings (SSSR count). The number of nitrogens with zero attached hydrogens (tertiary/aromatic N) is 1. The van der Waals surface area contributed by atoms with Gasteiger partial charge in [0.25, 0.3) is 0 Å². The van der Waals surface area contributed by atoms with E-state index in [1.165, 1.54) is 19.3 Å². The summed E-state index contributed by atoms with van der Waals surface area (Å²) < 4.78 is 42.7. The summed E-state index contributed by atoms with van der Waals surface area (Å²) in [5.74, 6) is 0.458. The number of halogens is 3. The zero-order chi connectivity index (χ0) is 16.9. The third-order valence-corrected chi connectivity index (χ3v) is 5.17. The smallest absolute Gasteiger partial charge is 0.378 e. The average molecular weight is 335 g/mol. The second-order valence-electron chi connectivity index (χ2n) is 6.53. The lowest BCUT2D eigenvalue weighted by molar-refractivity contribution is -0.145. The Hall–Kier alpha value is -0.980. The molecule has 0 heterocycles. The first-order valence-corrected chi connectivity index (χ1v) is 8.57. The molecule has 2 aliphatic carbocycles. The van der Waals surface area contributed by atoms with Crippen molar-refractivity contribution in [3.8, 4) is 0 Å². The van der Waals surface area contributed by atoms with Crippen LogP contribution in [0.3, 0.4) is 0 Å². The zero-order valence-electron chi connectivity index (χ0n) is 14.0. The molecule has 0 aliphatic heterocycles. The van der Waals surface area contributed by atoms with Crippen molar-refractivity contribution < 1.29 is 17.9 Å². The average Bonchev–Trinajstić information content (AvgIpc) is 2.52. The Labute approximate surface area is 136 Å². The second-order valence-corrected chi connectivity index (χ2v) is 6.53. The van der Waals surface area contributed by atoms with E-state index in [1.54, 1.807) is 7.05 Å². The molecule has 134 valence electrons. The molecule has 4 nitrogen and oxygen atoms in total. The van der Waals surface area contributed by atoms with Gasteiger partial charge >= 0.3 is 6.18 Å². The van der Waals surface area contributed by atoms with E-state index in [0.29, 0.717) is 12.6 Å². The van der Waals surface area contributed by atoms with Crippen LogP contribution in [0.25, 0.3) is 0 Å². The SMILES string of the molecule is CCOC1CC(NC(=NC)NCCC(F)(F)F)C12CCCCC2. The van der Waals surface area contributed by atoms with Gasteiger partial charge in [-0.05, 0) is 26.2 Å². The van der Waals surface area contributed by atoms with E-state index in [4.69, 9.17) is 4.74 Å². The highest BCUT2D eigenvalue weighted by Crippen LogP contribution is 2.53. The normalized spacial score (nSPS) is 27.6. The summed E-state index contributed by atoms with van der Waals surface area (Å²) in [6.07, 6.45) is 2.05. The highest BCUT2D eigenvalue weighted by molar-refractivity contribution is 5.80. The van der Waals surface area contributed by atoms with Crippen LogP contribution in [0.4, 0.5) is 13.2 Å². The number of alkyl halides is 3. The quantitative estimate of drug-likeness (QED) is 0.599.